The molecule has 3 heteroatoms. The van der Waals surface area contributed by atoms with Crippen molar-refractivity contribution in [3.8, 4) is 0 Å². The summed E-state index contributed by atoms with van der Waals surface area (Å²) in [5.41, 5.74) is 6.99. The van der Waals surface area contributed by atoms with E-state index < -0.39 is 0 Å². The van der Waals surface area contributed by atoms with Crippen LogP contribution in [0.4, 0.5) is 0 Å². The second-order valence-electron chi connectivity index (χ2n) is 2.78. The molecule has 1 heterocycles. The van der Waals surface area contributed by atoms with E-state index in [0.29, 0.717) is 4.99 Å². The summed E-state index contributed by atoms with van der Waals surface area (Å²) in [6.07, 6.45) is 3.75. The van der Waals surface area contributed by atoms with E-state index >= 15 is 0 Å². The Bertz CT molecular complexity index is 280. The Morgan fingerprint density at radius 1 is 1.55 bits per heavy atom. The Kier molecular flexibility index (Phi) is 1.69. The van der Waals surface area contributed by atoms with Gasteiger partial charge in [0.25, 0.3) is 0 Å². The van der Waals surface area contributed by atoms with Crippen LogP contribution in [-0.4, -0.2) is 4.99 Å². The Morgan fingerprint density at radius 2 is 2.36 bits per heavy atom. The van der Waals surface area contributed by atoms with Crippen molar-refractivity contribution >= 4 is 28.5 Å². The summed E-state index contributed by atoms with van der Waals surface area (Å²) >= 11 is 6.66. The third-order valence-corrected chi connectivity index (χ3v) is 3.61. The molecule has 0 amide bonds. The van der Waals surface area contributed by atoms with E-state index in [1.807, 2.05) is 0 Å². The van der Waals surface area contributed by atoms with Crippen LogP contribution in [0.3, 0.4) is 0 Å². The van der Waals surface area contributed by atoms with Crippen molar-refractivity contribution in [2.45, 2.75) is 19.3 Å². The van der Waals surface area contributed by atoms with Gasteiger partial charge < -0.3 is 5.73 Å². The average Bonchev–Trinajstić information content (AvgIpc) is 2.40. The molecule has 0 saturated heterocycles. The van der Waals surface area contributed by atoms with Crippen molar-refractivity contribution in [3.05, 3.63) is 21.4 Å². The number of thiophene rings is 1. The lowest BCUT2D eigenvalue weighted by Crippen LogP contribution is -2.06. The van der Waals surface area contributed by atoms with E-state index in [2.05, 4.69) is 6.07 Å². The van der Waals surface area contributed by atoms with E-state index in [4.69, 9.17) is 18.0 Å². The van der Waals surface area contributed by atoms with Crippen LogP contribution in [0.25, 0.3) is 0 Å². The standard InChI is InChI=1S/C8H9NS2/c9-8(10)7-4-5-2-1-3-6(5)11-7/h4H,1-3H2,(H2,9,10). The monoisotopic (exact) mass is 183 g/mol. The van der Waals surface area contributed by atoms with E-state index in [-0.39, 0.29) is 0 Å². The molecule has 0 aromatic carbocycles. The van der Waals surface area contributed by atoms with Gasteiger partial charge in [-0.1, -0.05) is 12.2 Å². The van der Waals surface area contributed by atoms with Gasteiger partial charge in [0, 0.05) is 4.88 Å². The van der Waals surface area contributed by atoms with Gasteiger partial charge in [-0.3, -0.25) is 0 Å². The molecule has 0 atom stereocenters. The topological polar surface area (TPSA) is 26.0 Å². The molecule has 2 N–H and O–H groups in total. The van der Waals surface area contributed by atoms with Crippen molar-refractivity contribution in [3.63, 3.8) is 0 Å². The third kappa shape index (κ3) is 1.19. The van der Waals surface area contributed by atoms with Crippen molar-refractivity contribution in [1.82, 2.24) is 0 Å². The first kappa shape index (κ1) is 7.25. The summed E-state index contributed by atoms with van der Waals surface area (Å²) in [5, 5.41) is 0. The lowest BCUT2D eigenvalue weighted by Gasteiger charge is -1.89. The van der Waals surface area contributed by atoms with E-state index in [1.165, 1.54) is 29.7 Å². The number of nitrogens with two attached hydrogens (primary N) is 1. The SMILES string of the molecule is NC(=S)c1cc2c(s1)CCC2. The average molecular weight is 183 g/mol. The van der Waals surface area contributed by atoms with Gasteiger partial charge in [0.1, 0.15) is 4.99 Å². The summed E-state index contributed by atoms with van der Waals surface area (Å²) in [4.78, 5) is 3.13. The van der Waals surface area contributed by atoms with Gasteiger partial charge in [-0.2, -0.15) is 0 Å². The van der Waals surface area contributed by atoms with Crippen molar-refractivity contribution in [1.29, 1.82) is 0 Å². The second-order valence-corrected chi connectivity index (χ2v) is 4.35. The van der Waals surface area contributed by atoms with Gasteiger partial charge in [0.15, 0.2) is 0 Å². The van der Waals surface area contributed by atoms with Crippen LogP contribution >= 0.6 is 23.6 Å². The third-order valence-electron chi connectivity index (χ3n) is 1.99. The van der Waals surface area contributed by atoms with E-state index in [1.54, 1.807) is 11.3 Å². The molecule has 1 aliphatic rings. The molecule has 1 aliphatic carbocycles. The molecule has 0 fully saturated rings. The Balaban J connectivity index is 2.42. The van der Waals surface area contributed by atoms with Crippen LogP contribution in [0.1, 0.15) is 21.7 Å². The zero-order valence-electron chi connectivity index (χ0n) is 6.09. The molecule has 0 aliphatic heterocycles. The Hall–Kier alpha value is -0.410. The highest BCUT2D eigenvalue weighted by molar-refractivity contribution is 7.81. The minimum atomic E-state index is 0.546. The van der Waals surface area contributed by atoms with Gasteiger partial charge >= 0.3 is 0 Å². The molecule has 1 aromatic rings. The maximum Gasteiger partial charge on any atom is 0.114 e. The number of aryl methyl sites for hydroxylation is 2. The minimum absolute atomic E-state index is 0.546. The molecule has 1 aromatic heterocycles. The van der Waals surface area contributed by atoms with Crippen molar-refractivity contribution in [2.75, 3.05) is 0 Å². The van der Waals surface area contributed by atoms with Crippen LogP contribution in [0.15, 0.2) is 6.07 Å². The maximum absolute atomic E-state index is 5.52. The summed E-state index contributed by atoms with van der Waals surface area (Å²) in [6.45, 7) is 0. The molecule has 0 unspecified atom stereocenters. The lowest BCUT2D eigenvalue weighted by atomic mass is 10.2. The second kappa shape index (κ2) is 2.57. The number of hydrogen-bond donors (Lipinski definition) is 1. The van der Waals surface area contributed by atoms with Gasteiger partial charge in [-0.25, -0.2) is 0 Å². The fourth-order valence-electron chi connectivity index (χ4n) is 1.45. The Labute approximate surface area is 75.2 Å². The number of fused-ring (bicyclic) bond motifs is 1. The molecular weight excluding hydrogens is 174 g/mol. The van der Waals surface area contributed by atoms with Crippen LogP contribution in [-0.2, 0) is 12.8 Å². The molecule has 11 heavy (non-hydrogen) atoms. The molecule has 0 bridgehead atoms. The summed E-state index contributed by atoms with van der Waals surface area (Å²) in [7, 11) is 0. The Morgan fingerprint density at radius 3 is 3.00 bits per heavy atom. The first-order valence-electron chi connectivity index (χ1n) is 3.69. The highest BCUT2D eigenvalue weighted by Crippen LogP contribution is 2.30. The zero-order valence-corrected chi connectivity index (χ0v) is 7.73. The molecule has 2 rings (SSSR count). The van der Waals surface area contributed by atoms with Gasteiger partial charge in [0.05, 0.1) is 4.88 Å². The highest BCUT2D eigenvalue weighted by atomic mass is 32.1. The van der Waals surface area contributed by atoms with Crippen molar-refractivity contribution < 1.29 is 0 Å². The summed E-state index contributed by atoms with van der Waals surface area (Å²) in [6, 6.07) is 2.15. The van der Waals surface area contributed by atoms with Crippen molar-refractivity contribution in [2.24, 2.45) is 5.73 Å². The molecule has 0 spiro atoms. The maximum atomic E-state index is 5.52. The minimum Gasteiger partial charge on any atom is -0.389 e. The summed E-state index contributed by atoms with van der Waals surface area (Å²) in [5.74, 6) is 0. The lowest BCUT2D eigenvalue weighted by molar-refractivity contribution is 0.914. The quantitative estimate of drug-likeness (QED) is 0.673. The van der Waals surface area contributed by atoms with Gasteiger partial charge in [-0.05, 0) is 30.9 Å². The van der Waals surface area contributed by atoms with Gasteiger partial charge in [0.2, 0.25) is 0 Å². The molecule has 0 radical (unpaired) electrons. The predicted octanol–water partition coefficient (Wildman–Crippen LogP) is 1.87. The van der Waals surface area contributed by atoms with Crippen LogP contribution in [0, 0.1) is 0 Å². The van der Waals surface area contributed by atoms with E-state index in [0.717, 1.165) is 4.88 Å². The number of hydrogen-bond acceptors (Lipinski definition) is 2. The highest BCUT2D eigenvalue weighted by Gasteiger charge is 2.15. The molecule has 0 saturated carbocycles. The first-order chi connectivity index (χ1) is 5.27. The van der Waals surface area contributed by atoms with E-state index in [9.17, 15) is 0 Å². The largest absolute Gasteiger partial charge is 0.389 e. The van der Waals surface area contributed by atoms with Crippen LogP contribution in [0.5, 0.6) is 0 Å². The van der Waals surface area contributed by atoms with Crippen LogP contribution in [0.2, 0.25) is 0 Å². The fourth-order valence-corrected chi connectivity index (χ4v) is 2.74. The predicted molar refractivity (Wildman–Crippen MR) is 52.2 cm³/mol. The van der Waals surface area contributed by atoms with Gasteiger partial charge in [-0.15, -0.1) is 11.3 Å². The molecule has 1 nitrogen and oxygen atoms in total. The number of thiocarbonyl (C=S) groups is 1. The number of rotatable bonds is 1. The van der Waals surface area contributed by atoms with Crippen LogP contribution < -0.4 is 5.73 Å². The first-order valence-corrected chi connectivity index (χ1v) is 4.91. The smallest absolute Gasteiger partial charge is 0.114 e. The fraction of sp³-hybridized carbons (Fsp3) is 0.375. The molecular formula is C8H9NS2. The summed E-state index contributed by atoms with van der Waals surface area (Å²) < 4.78 is 0. The zero-order chi connectivity index (χ0) is 7.84. The molecule has 58 valence electrons. The normalized spacial score (nSPS) is 14.9.